The van der Waals surface area contributed by atoms with Crippen LogP contribution >= 0.6 is 0 Å². The average Bonchev–Trinajstić information content (AvgIpc) is 3.62. The molecule has 4 heterocycles. The molecule has 2 fully saturated rings. The zero-order valence-corrected chi connectivity index (χ0v) is 19.0. The highest BCUT2D eigenvalue weighted by Crippen LogP contribution is 2.35. The van der Waals surface area contributed by atoms with Gasteiger partial charge in [0.05, 0.1) is 18.3 Å². The second-order valence-electron chi connectivity index (χ2n) is 8.82. The second-order valence-corrected chi connectivity index (χ2v) is 8.82. The molecule has 0 spiro atoms. The maximum Gasteiger partial charge on any atom is 0.229 e. The molecule has 0 radical (unpaired) electrons. The van der Waals surface area contributed by atoms with E-state index in [2.05, 4.69) is 37.6 Å². The normalized spacial score (nSPS) is 18.4. The van der Waals surface area contributed by atoms with Crippen molar-refractivity contribution >= 4 is 45.2 Å². The lowest BCUT2D eigenvalue weighted by molar-refractivity contribution is -0.117. The Balaban J connectivity index is 1.40. The van der Waals surface area contributed by atoms with E-state index < -0.39 is 0 Å². The fourth-order valence-electron chi connectivity index (χ4n) is 4.30. The van der Waals surface area contributed by atoms with Gasteiger partial charge in [-0.05, 0) is 44.0 Å². The molecular weight excluding hydrogens is 434 g/mol. The summed E-state index contributed by atoms with van der Waals surface area (Å²) in [6.07, 6.45) is 3.73. The number of nitrogens with one attached hydrogen (secondary N) is 2. The van der Waals surface area contributed by atoms with E-state index in [0.717, 1.165) is 42.5 Å². The number of carbonyl (C=O) groups excluding carboxylic acids is 1. The Hall–Kier alpha value is -3.79. The number of hydrogen-bond acceptors (Lipinski definition) is 9. The van der Waals surface area contributed by atoms with Gasteiger partial charge in [0.15, 0.2) is 17.2 Å². The van der Waals surface area contributed by atoms with E-state index in [1.165, 1.54) is 0 Å². The summed E-state index contributed by atoms with van der Waals surface area (Å²) in [5.74, 6) is 1.48. The van der Waals surface area contributed by atoms with Gasteiger partial charge >= 0.3 is 0 Å². The molecular formula is C24H25N7O3. The molecule has 10 nitrogen and oxygen atoms in total. The Kier molecular flexibility index (Phi) is 5.02. The molecule has 10 heteroatoms. The third kappa shape index (κ3) is 3.79. The number of pyridine rings is 1. The number of benzene rings is 1. The minimum absolute atomic E-state index is 0.0232. The van der Waals surface area contributed by atoms with E-state index in [1.807, 2.05) is 18.2 Å². The largest absolute Gasteiger partial charge is 0.436 e. The lowest BCUT2D eigenvalue weighted by Gasteiger charge is -2.32. The van der Waals surface area contributed by atoms with Crippen LogP contribution in [-0.4, -0.2) is 58.9 Å². The third-order valence-electron chi connectivity index (χ3n) is 6.28. The predicted molar refractivity (Wildman–Crippen MR) is 129 cm³/mol. The quantitative estimate of drug-likeness (QED) is 0.462. The van der Waals surface area contributed by atoms with Gasteiger partial charge in [-0.25, -0.2) is 9.97 Å². The van der Waals surface area contributed by atoms with E-state index in [0.29, 0.717) is 40.8 Å². The summed E-state index contributed by atoms with van der Waals surface area (Å²) in [4.78, 5) is 23.8. The average molecular weight is 460 g/mol. The molecule has 1 aromatic carbocycles. The summed E-state index contributed by atoms with van der Waals surface area (Å²) in [7, 11) is 1.78. The zero-order valence-electron chi connectivity index (χ0n) is 19.0. The van der Waals surface area contributed by atoms with Gasteiger partial charge in [0.25, 0.3) is 0 Å². The number of ether oxygens (including phenoxy) is 1. The molecule has 1 amide bonds. The van der Waals surface area contributed by atoms with Crippen LogP contribution in [0.2, 0.25) is 0 Å². The van der Waals surface area contributed by atoms with Crippen LogP contribution in [0.1, 0.15) is 19.8 Å². The first-order valence-electron chi connectivity index (χ1n) is 11.5. The first-order chi connectivity index (χ1) is 16.6. The molecule has 34 heavy (non-hydrogen) atoms. The summed E-state index contributed by atoms with van der Waals surface area (Å²) in [6, 6.07) is 7.84. The van der Waals surface area contributed by atoms with Crippen LogP contribution in [0.4, 0.5) is 17.3 Å². The molecule has 4 aromatic rings. The molecule has 174 valence electrons. The highest BCUT2D eigenvalue weighted by molar-refractivity contribution is 6.01. The Morgan fingerprint density at radius 3 is 2.88 bits per heavy atom. The molecule has 1 saturated carbocycles. The molecule has 1 unspecified atom stereocenters. The van der Waals surface area contributed by atoms with Gasteiger partial charge in [-0.3, -0.25) is 4.79 Å². The van der Waals surface area contributed by atoms with Gasteiger partial charge in [0.1, 0.15) is 11.0 Å². The van der Waals surface area contributed by atoms with Crippen molar-refractivity contribution in [1.29, 1.82) is 0 Å². The number of anilines is 3. The van der Waals surface area contributed by atoms with Gasteiger partial charge in [0.2, 0.25) is 11.8 Å². The molecule has 1 aliphatic carbocycles. The predicted octanol–water partition coefficient (Wildman–Crippen LogP) is 3.45. The van der Waals surface area contributed by atoms with Crippen LogP contribution in [-0.2, 0) is 9.53 Å². The fourth-order valence-corrected chi connectivity index (χ4v) is 4.30. The minimum Gasteiger partial charge on any atom is -0.436 e. The summed E-state index contributed by atoms with van der Waals surface area (Å²) in [5.41, 5.74) is 3.81. The molecule has 1 aliphatic heterocycles. The Bertz CT molecular complexity index is 1400. The maximum atomic E-state index is 12.2. The SMILES string of the molecule is CNc1ncc(-c2nc3cc(N4CCOC(C)C4)ccc3o2)c2cc(NC(=O)C3CC3)nnc12. The Labute approximate surface area is 195 Å². The number of aromatic nitrogens is 4. The van der Waals surface area contributed by atoms with Crippen molar-refractivity contribution in [2.75, 3.05) is 42.3 Å². The number of fused-ring (bicyclic) bond motifs is 2. The van der Waals surface area contributed by atoms with Crippen LogP contribution in [0.15, 0.2) is 34.9 Å². The number of hydrogen-bond donors (Lipinski definition) is 2. The van der Waals surface area contributed by atoms with E-state index in [-0.39, 0.29) is 17.9 Å². The number of oxazole rings is 1. The standard InChI is InChI=1S/C24H25N7O3/c1-13-12-31(7-8-33-13)15-5-6-19-18(9-15)27-24(34-19)17-11-26-22(25-2)21-16(17)10-20(29-30-21)28-23(32)14-3-4-14/h5-6,9-11,13-14H,3-4,7-8,12H2,1-2H3,(H,25,26)(H,28,29,32). The number of carbonyl (C=O) groups is 1. The zero-order chi connectivity index (χ0) is 23.2. The summed E-state index contributed by atoms with van der Waals surface area (Å²) in [6.45, 7) is 4.47. The fraction of sp³-hybridized carbons (Fsp3) is 0.375. The van der Waals surface area contributed by atoms with Gasteiger partial charge in [-0.15, -0.1) is 10.2 Å². The minimum atomic E-state index is -0.0232. The van der Waals surface area contributed by atoms with Crippen LogP contribution in [0.5, 0.6) is 0 Å². The first kappa shape index (κ1) is 20.8. The second kappa shape index (κ2) is 8.21. The van der Waals surface area contributed by atoms with Crippen molar-refractivity contribution in [3.8, 4) is 11.5 Å². The molecule has 2 N–H and O–H groups in total. The lowest BCUT2D eigenvalue weighted by Crippen LogP contribution is -2.41. The van der Waals surface area contributed by atoms with E-state index in [1.54, 1.807) is 19.3 Å². The van der Waals surface area contributed by atoms with Crippen LogP contribution in [0, 0.1) is 5.92 Å². The number of rotatable bonds is 5. The first-order valence-corrected chi connectivity index (χ1v) is 11.5. The topological polar surface area (TPSA) is 118 Å². The van der Waals surface area contributed by atoms with Crippen molar-refractivity contribution in [2.24, 2.45) is 5.92 Å². The Morgan fingerprint density at radius 2 is 2.09 bits per heavy atom. The molecule has 2 aliphatic rings. The van der Waals surface area contributed by atoms with Gasteiger partial charge in [0, 0.05) is 43.3 Å². The number of morpholine rings is 1. The summed E-state index contributed by atoms with van der Waals surface area (Å²) in [5, 5.41) is 15.2. The van der Waals surface area contributed by atoms with E-state index in [4.69, 9.17) is 14.1 Å². The molecule has 1 saturated heterocycles. The number of nitrogens with zero attached hydrogens (tertiary/aromatic N) is 5. The third-order valence-corrected chi connectivity index (χ3v) is 6.28. The van der Waals surface area contributed by atoms with Crippen molar-refractivity contribution in [2.45, 2.75) is 25.9 Å². The highest BCUT2D eigenvalue weighted by atomic mass is 16.5. The number of amides is 1. The molecule has 0 bridgehead atoms. The Morgan fingerprint density at radius 1 is 1.21 bits per heavy atom. The van der Waals surface area contributed by atoms with Gasteiger partial charge in [-0.1, -0.05) is 0 Å². The lowest BCUT2D eigenvalue weighted by atomic mass is 10.1. The summed E-state index contributed by atoms with van der Waals surface area (Å²) >= 11 is 0. The van der Waals surface area contributed by atoms with Crippen LogP contribution in [0.3, 0.4) is 0 Å². The maximum absolute atomic E-state index is 12.2. The van der Waals surface area contributed by atoms with E-state index in [9.17, 15) is 4.79 Å². The van der Waals surface area contributed by atoms with E-state index >= 15 is 0 Å². The van der Waals surface area contributed by atoms with Crippen molar-refractivity contribution in [3.05, 3.63) is 30.5 Å². The van der Waals surface area contributed by atoms with Gasteiger partial charge < -0.3 is 24.7 Å². The van der Waals surface area contributed by atoms with Crippen molar-refractivity contribution in [1.82, 2.24) is 20.2 Å². The monoisotopic (exact) mass is 459 g/mol. The van der Waals surface area contributed by atoms with Crippen LogP contribution < -0.4 is 15.5 Å². The highest BCUT2D eigenvalue weighted by Gasteiger charge is 2.30. The molecule has 1 atom stereocenters. The molecule has 3 aromatic heterocycles. The van der Waals surface area contributed by atoms with Crippen LogP contribution in [0.25, 0.3) is 33.5 Å². The van der Waals surface area contributed by atoms with Crippen molar-refractivity contribution in [3.63, 3.8) is 0 Å². The smallest absolute Gasteiger partial charge is 0.229 e. The van der Waals surface area contributed by atoms with Gasteiger partial charge in [-0.2, -0.15) is 0 Å². The molecule has 6 rings (SSSR count). The van der Waals surface area contributed by atoms with Crippen molar-refractivity contribution < 1.29 is 13.9 Å². The summed E-state index contributed by atoms with van der Waals surface area (Å²) < 4.78 is 11.8.